The van der Waals surface area contributed by atoms with Gasteiger partial charge in [0.15, 0.2) is 0 Å². The molecular formula is C16H20N2OS. The molecule has 0 aliphatic carbocycles. The molecule has 2 rings (SSSR count). The number of carbonyl (C=O) groups is 1. The van der Waals surface area contributed by atoms with E-state index in [1.54, 1.807) is 11.3 Å². The number of benzene rings is 1. The Labute approximate surface area is 124 Å². The third-order valence-corrected chi connectivity index (χ3v) is 4.17. The number of amides is 2. The zero-order valence-corrected chi connectivity index (χ0v) is 12.9. The quantitative estimate of drug-likeness (QED) is 0.879. The highest BCUT2D eigenvalue weighted by Crippen LogP contribution is 2.25. The van der Waals surface area contributed by atoms with Crippen molar-refractivity contribution in [3.05, 3.63) is 57.3 Å². The summed E-state index contributed by atoms with van der Waals surface area (Å²) in [5.41, 5.74) is 2.29. The summed E-state index contributed by atoms with van der Waals surface area (Å²) in [5.74, 6) is 0. The molecule has 0 aliphatic rings. The lowest BCUT2D eigenvalue weighted by atomic mass is 10.1. The van der Waals surface area contributed by atoms with Gasteiger partial charge in [0.25, 0.3) is 0 Å². The predicted molar refractivity (Wildman–Crippen MR) is 84.0 cm³/mol. The molecule has 1 heterocycles. The SMILES string of the molecule is Cc1cc([C@@H](C)NC(=O)NCc2ccccc2)c(C)s1. The van der Waals surface area contributed by atoms with E-state index in [1.807, 2.05) is 37.3 Å². The van der Waals surface area contributed by atoms with Crippen LogP contribution in [0.25, 0.3) is 0 Å². The van der Waals surface area contributed by atoms with Gasteiger partial charge in [-0.2, -0.15) is 0 Å². The molecule has 0 bridgehead atoms. The Morgan fingerprint density at radius 1 is 1.25 bits per heavy atom. The summed E-state index contributed by atoms with van der Waals surface area (Å²) in [7, 11) is 0. The fourth-order valence-corrected chi connectivity index (χ4v) is 3.21. The van der Waals surface area contributed by atoms with Crippen LogP contribution in [0.4, 0.5) is 4.79 Å². The minimum Gasteiger partial charge on any atom is -0.334 e. The van der Waals surface area contributed by atoms with E-state index in [0.717, 1.165) is 5.56 Å². The molecule has 106 valence electrons. The molecule has 1 atom stereocenters. The molecule has 1 aromatic carbocycles. The van der Waals surface area contributed by atoms with Gasteiger partial charge in [0, 0.05) is 16.3 Å². The van der Waals surface area contributed by atoms with Crippen LogP contribution in [0.2, 0.25) is 0 Å². The molecule has 3 nitrogen and oxygen atoms in total. The van der Waals surface area contributed by atoms with E-state index in [9.17, 15) is 4.79 Å². The first kappa shape index (κ1) is 14.6. The zero-order valence-electron chi connectivity index (χ0n) is 12.1. The Hall–Kier alpha value is -1.81. The first-order valence-corrected chi connectivity index (χ1v) is 7.53. The van der Waals surface area contributed by atoms with Crippen LogP contribution >= 0.6 is 11.3 Å². The summed E-state index contributed by atoms with van der Waals surface area (Å²) in [5, 5.41) is 5.86. The molecule has 2 amide bonds. The van der Waals surface area contributed by atoms with Crippen molar-refractivity contribution in [3.8, 4) is 0 Å². The summed E-state index contributed by atoms with van der Waals surface area (Å²) >= 11 is 1.76. The largest absolute Gasteiger partial charge is 0.334 e. The van der Waals surface area contributed by atoms with Crippen LogP contribution in [0.15, 0.2) is 36.4 Å². The second kappa shape index (κ2) is 6.57. The minimum atomic E-state index is -0.135. The Balaban J connectivity index is 1.87. The van der Waals surface area contributed by atoms with Crippen molar-refractivity contribution < 1.29 is 4.79 Å². The van der Waals surface area contributed by atoms with Gasteiger partial charge in [0.05, 0.1) is 6.04 Å². The van der Waals surface area contributed by atoms with Gasteiger partial charge < -0.3 is 10.6 Å². The van der Waals surface area contributed by atoms with Crippen LogP contribution in [0.3, 0.4) is 0 Å². The molecule has 0 saturated carbocycles. The van der Waals surface area contributed by atoms with E-state index in [-0.39, 0.29) is 12.1 Å². The smallest absolute Gasteiger partial charge is 0.315 e. The Bertz CT molecular complexity index is 577. The van der Waals surface area contributed by atoms with Gasteiger partial charge in [-0.25, -0.2) is 4.79 Å². The Morgan fingerprint density at radius 3 is 2.55 bits per heavy atom. The Morgan fingerprint density at radius 2 is 1.95 bits per heavy atom. The number of rotatable bonds is 4. The van der Waals surface area contributed by atoms with E-state index < -0.39 is 0 Å². The monoisotopic (exact) mass is 288 g/mol. The standard InChI is InChI=1S/C16H20N2OS/c1-11-9-15(13(3)20-11)12(2)18-16(19)17-10-14-7-5-4-6-8-14/h4-9,12H,10H2,1-3H3,(H2,17,18,19)/t12-/m1/s1. The highest BCUT2D eigenvalue weighted by molar-refractivity contribution is 7.12. The first-order chi connectivity index (χ1) is 9.56. The maximum absolute atomic E-state index is 11.9. The number of hydrogen-bond donors (Lipinski definition) is 2. The van der Waals surface area contributed by atoms with Crippen molar-refractivity contribution in [1.29, 1.82) is 0 Å². The van der Waals surface area contributed by atoms with E-state index in [4.69, 9.17) is 0 Å². The lowest BCUT2D eigenvalue weighted by molar-refractivity contribution is 0.237. The van der Waals surface area contributed by atoms with Crippen LogP contribution in [0.5, 0.6) is 0 Å². The number of carbonyl (C=O) groups excluding carboxylic acids is 1. The number of thiophene rings is 1. The van der Waals surface area contributed by atoms with Gasteiger partial charge in [0.2, 0.25) is 0 Å². The number of nitrogens with one attached hydrogen (secondary N) is 2. The fourth-order valence-electron chi connectivity index (χ4n) is 2.18. The Kier molecular flexibility index (Phi) is 4.79. The third-order valence-electron chi connectivity index (χ3n) is 3.19. The van der Waals surface area contributed by atoms with Gasteiger partial charge >= 0.3 is 6.03 Å². The zero-order chi connectivity index (χ0) is 14.5. The molecule has 1 aromatic heterocycles. The van der Waals surface area contributed by atoms with Crippen molar-refractivity contribution in [3.63, 3.8) is 0 Å². The summed E-state index contributed by atoms with van der Waals surface area (Å²) in [6.07, 6.45) is 0. The summed E-state index contributed by atoms with van der Waals surface area (Å²) in [6.45, 7) is 6.73. The second-order valence-corrected chi connectivity index (χ2v) is 6.36. The molecule has 20 heavy (non-hydrogen) atoms. The van der Waals surface area contributed by atoms with E-state index in [0.29, 0.717) is 6.54 Å². The van der Waals surface area contributed by atoms with E-state index in [1.165, 1.54) is 15.3 Å². The number of aryl methyl sites for hydroxylation is 2. The third kappa shape index (κ3) is 3.84. The minimum absolute atomic E-state index is 0.0238. The molecule has 0 fully saturated rings. The maximum atomic E-state index is 11.9. The van der Waals surface area contributed by atoms with Crippen molar-refractivity contribution in [2.45, 2.75) is 33.4 Å². The summed E-state index contributed by atoms with van der Waals surface area (Å²) < 4.78 is 0. The first-order valence-electron chi connectivity index (χ1n) is 6.71. The molecule has 0 unspecified atom stereocenters. The maximum Gasteiger partial charge on any atom is 0.315 e. The van der Waals surface area contributed by atoms with Crippen molar-refractivity contribution in [2.24, 2.45) is 0 Å². The predicted octanol–water partition coefficient (Wildman–Crippen LogP) is 3.93. The second-order valence-electron chi connectivity index (χ2n) is 4.90. The van der Waals surface area contributed by atoms with Crippen LogP contribution in [-0.2, 0) is 6.54 Å². The lowest BCUT2D eigenvalue weighted by Crippen LogP contribution is -2.36. The van der Waals surface area contributed by atoms with E-state index >= 15 is 0 Å². The lowest BCUT2D eigenvalue weighted by Gasteiger charge is -2.14. The molecule has 2 N–H and O–H groups in total. The topological polar surface area (TPSA) is 41.1 Å². The van der Waals surface area contributed by atoms with E-state index in [2.05, 4.69) is 30.5 Å². The average molecular weight is 288 g/mol. The molecule has 0 spiro atoms. The number of hydrogen-bond acceptors (Lipinski definition) is 2. The molecule has 2 aromatic rings. The van der Waals surface area contributed by atoms with Crippen molar-refractivity contribution in [1.82, 2.24) is 10.6 Å². The van der Waals surface area contributed by atoms with Gasteiger partial charge in [-0.05, 0) is 38.0 Å². The molecule has 0 radical (unpaired) electrons. The number of urea groups is 1. The fraction of sp³-hybridized carbons (Fsp3) is 0.312. The van der Waals surface area contributed by atoms with Gasteiger partial charge in [-0.3, -0.25) is 0 Å². The van der Waals surface area contributed by atoms with Crippen LogP contribution in [0, 0.1) is 13.8 Å². The highest BCUT2D eigenvalue weighted by atomic mass is 32.1. The van der Waals surface area contributed by atoms with Gasteiger partial charge in [-0.1, -0.05) is 30.3 Å². The average Bonchev–Trinajstić information content (AvgIpc) is 2.77. The van der Waals surface area contributed by atoms with Gasteiger partial charge in [-0.15, -0.1) is 11.3 Å². The van der Waals surface area contributed by atoms with Crippen molar-refractivity contribution in [2.75, 3.05) is 0 Å². The molecule has 4 heteroatoms. The van der Waals surface area contributed by atoms with Crippen LogP contribution in [-0.4, -0.2) is 6.03 Å². The van der Waals surface area contributed by atoms with Crippen LogP contribution < -0.4 is 10.6 Å². The molecule has 0 aliphatic heterocycles. The van der Waals surface area contributed by atoms with Gasteiger partial charge in [0.1, 0.15) is 0 Å². The normalized spacial score (nSPS) is 11.9. The molecular weight excluding hydrogens is 268 g/mol. The summed E-state index contributed by atoms with van der Waals surface area (Å²) in [4.78, 5) is 14.4. The van der Waals surface area contributed by atoms with Crippen LogP contribution in [0.1, 0.15) is 33.8 Å². The highest BCUT2D eigenvalue weighted by Gasteiger charge is 2.13. The summed E-state index contributed by atoms with van der Waals surface area (Å²) in [6, 6.07) is 11.9. The molecule has 0 saturated heterocycles. The van der Waals surface area contributed by atoms with Crippen molar-refractivity contribution >= 4 is 17.4 Å².